The van der Waals surface area contributed by atoms with Crippen LogP contribution in [0.2, 0.25) is 0 Å². The second-order valence-corrected chi connectivity index (χ2v) is 6.04. The Kier molecular flexibility index (Phi) is 5.67. The summed E-state index contributed by atoms with van der Waals surface area (Å²) in [6.07, 6.45) is 3.40. The van der Waals surface area contributed by atoms with Crippen LogP contribution in [0.4, 0.5) is 5.69 Å². The highest BCUT2D eigenvalue weighted by Gasteiger charge is 2.25. The third-order valence-electron chi connectivity index (χ3n) is 3.69. The maximum Gasteiger partial charge on any atom is 0.0635 e. The Morgan fingerprint density at radius 3 is 3.05 bits per heavy atom. The number of halogens is 1. The number of aliphatic hydroxyl groups excluding tert-OH is 1. The summed E-state index contributed by atoms with van der Waals surface area (Å²) in [6.45, 7) is 5.40. The van der Waals surface area contributed by atoms with Gasteiger partial charge in [0.1, 0.15) is 0 Å². The van der Waals surface area contributed by atoms with Crippen molar-refractivity contribution in [3.8, 4) is 0 Å². The molecule has 3 nitrogen and oxygen atoms in total. The molecule has 1 aliphatic heterocycles. The lowest BCUT2D eigenvalue weighted by molar-refractivity contribution is 0.266. The van der Waals surface area contributed by atoms with E-state index in [2.05, 4.69) is 51.3 Å². The van der Waals surface area contributed by atoms with E-state index < -0.39 is 0 Å². The molecule has 1 aromatic rings. The Bertz CT molecular complexity index is 411. The average molecular weight is 327 g/mol. The van der Waals surface area contributed by atoms with Gasteiger partial charge < -0.3 is 15.3 Å². The van der Waals surface area contributed by atoms with Crippen LogP contribution in [0.25, 0.3) is 0 Å². The van der Waals surface area contributed by atoms with Crippen LogP contribution < -0.4 is 10.2 Å². The standard InChI is InChI=1S/C15H23BrN2O/c1-2-7-17-10-12-5-6-13(16)9-15(12)18-8-3-4-14(18)11-19/h5-6,9,14,17,19H,2-4,7-8,10-11H2,1H3. The van der Waals surface area contributed by atoms with Gasteiger partial charge in [-0.2, -0.15) is 0 Å². The van der Waals surface area contributed by atoms with Gasteiger partial charge >= 0.3 is 0 Å². The van der Waals surface area contributed by atoms with E-state index in [4.69, 9.17) is 0 Å². The molecule has 1 aromatic carbocycles. The van der Waals surface area contributed by atoms with Gasteiger partial charge in [0.2, 0.25) is 0 Å². The summed E-state index contributed by atoms with van der Waals surface area (Å²) in [6, 6.07) is 6.72. The molecule has 0 aromatic heterocycles. The first kappa shape index (κ1) is 14.8. The Labute approximate surface area is 124 Å². The topological polar surface area (TPSA) is 35.5 Å². The molecule has 1 heterocycles. The molecule has 2 rings (SSSR count). The number of rotatable bonds is 6. The molecule has 0 saturated carbocycles. The van der Waals surface area contributed by atoms with Gasteiger partial charge in [-0.05, 0) is 43.5 Å². The van der Waals surface area contributed by atoms with Crippen LogP contribution in [0.15, 0.2) is 22.7 Å². The zero-order chi connectivity index (χ0) is 13.7. The molecule has 0 amide bonds. The monoisotopic (exact) mass is 326 g/mol. The lowest BCUT2D eigenvalue weighted by Crippen LogP contribution is -2.33. The molecular formula is C15H23BrN2O. The molecule has 1 unspecified atom stereocenters. The molecular weight excluding hydrogens is 304 g/mol. The van der Waals surface area contributed by atoms with Crippen molar-refractivity contribution >= 4 is 21.6 Å². The molecule has 2 N–H and O–H groups in total. The van der Waals surface area contributed by atoms with E-state index in [1.165, 1.54) is 17.7 Å². The van der Waals surface area contributed by atoms with Gasteiger partial charge in [-0.3, -0.25) is 0 Å². The zero-order valence-corrected chi connectivity index (χ0v) is 13.1. The molecule has 1 atom stereocenters. The lowest BCUT2D eigenvalue weighted by atomic mass is 10.1. The summed E-state index contributed by atoms with van der Waals surface area (Å²) in [7, 11) is 0. The largest absolute Gasteiger partial charge is 0.394 e. The maximum absolute atomic E-state index is 9.50. The van der Waals surface area contributed by atoms with Gasteiger partial charge in [0.25, 0.3) is 0 Å². The number of hydrogen-bond donors (Lipinski definition) is 2. The van der Waals surface area contributed by atoms with Crippen LogP contribution in [0, 0.1) is 0 Å². The number of aliphatic hydroxyl groups is 1. The highest BCUT2D eigenvalue weighted by Crippen LogP contribution is 2.31. The number of anilines is 1. The SMILES string of the molecule is CCCNCc1ccc(Br)cc1N1CCCC1CO. The normalized spacial score (nSPS) is 19.1. The van der Waals surface area contributed by atoms with Gasteiger partial charge in [-0.15, -0.1) is 0 Å². The van der Waals surface area contributed by atoms with Gasteiger partial charge in [-0.1, -0.05) is 28.9 Å². The van der Waals surface area contributed by atoms with E-state index in [1.807, 2.05) is 0 Å². The quantitative estimate of drug-likeness (QED) is 0.789. The molecule has 0 radical (unpaired) electrons. The first-order valence-corrected chi connectivity index (χ1v) is 7.92. The van der Waals surface area contributed by atoms with E-state index in [0.29, 0.717) is 0 Å². The summed E-state index contributed by atoms with van der Waals surface area (Å²) >= 11 is 3.56. The zero-order valence-electron chi connectivity index (χ0n) is 11.5. The third kappa shape index (κ3) is 3.71. The highest BCUT2D eigenvalue weighted by molar-refractivity contribution is 9.10. The van der Waals surface area contributed by atoms with Crippen molar-refractivity contribution < 1.29 is 5.11 Å². The van der Waals surface area contributed by atoms with Gasteiger partial charge in [-0.25, -0.2) is 0 Å². The second kappa shape index (κ2) is 7.27. The fourth-order valence-electron chi connectivity index (χ4n) is 2.70. The minimum atomic E-state index is 0.244. The van der Waals surface area contributed by atoms with Crippen LogP contribution in [0.1, 0.15) is 31.7 Å². The first-order chi connectivity index (χ1) is 9.26. The Morgan fingerprint density at radius 1 is 1.47 bits per heavy atom. The smallest absolute Gasteiger partial charge is 0.0635 e. The van der Waals surface area contributed by atoms with Gasteiger partial charge in [0.05, 0.1) is 12.6 Å². The third-order valence-corrected chi connectivity index (χ3v) is 4.18. The molecule has 19 heavy (non-hydrogen) atoms. The summed E-state index contributed by atoms with van der Waals surface area (Å²) in [5.74, 6) is 0. The number of hydrogen-bond acceptors (Lipinski definition) is 3. The number of nitrogens with zero attached hydrogens (tertiary/aromatic N) is 1. The van der Waals surface area contributed by atoms with E-state index in [0.717, 1.165) is 36.9 Å². The van der Waals surface area contributed by atoms with Gasteiger partial charge in [0.15, 0.2) is 0 Å². The summed E-state index contributed by atoms with van der Waals surface area (Å²) in [5, 5.41) is 13.0. The minimum absolute atomic E-state index is 0.244. The molecule has 1 saturated heterocycles. The number of benzene rings is 1. The summed E-state index contributed by atoms with van der Waals surface area (Å²) in [4.78, 5) is 2.35. The average Bonchev–Trinajstić information content (AvgIpc) is 2.88. The maximum atomic E-state index is 9.50. The first-order valence-electron chi connectivity index (χ1n) is 7.13. The minimum Gasteiger partial charge on any atom is -0.394 e. The molecule has 4 heteroatoms. The number of nitrogens with one attached hydrogen (secondary N) is 1. The van der Waals surface area contributed by atoms with E-state index >= 15 is 0 Å². The summed E-state index contributed by atoms with van der Waals surface area (Å²) in [5.41, 5.74) is 2.58. The van der Waals surface area contributed by atoms with Crippen LogP contribution in [0.5, 0.6) is 0 Å². The Balaban J connectivity index is 2.18. The van der Waals surface area contributed by atoms with E-state index in [-0.39, 0.29) is 12.6 Å². The second-order valence-electron chi connectivity index (χ2n) is 5.12. The lowest BCUT2D eigenvalue weighted by Gasteiger charge is -2.28. The molecule has 1 aliphatic rings. The Morgan fingerprint density at radius 2 is 2.32 bits per heavy atom. The van der Waals surface area contributed by atoms with Crippen molar-refractivity contribution in [2.45, 2.75) is 38.8 Å². The summed E-state index contributed by atoms with van der Waals surface area (Å²) < 4.78 is 1.10. The van der Waals surface area contributed by atoms with Crippen molar-refractivity contribution in [1.82, 2.24) is 5.32 Å². The van der Waals surface area contributed by atoms with Crippen molar-refractivity contribution in [3.63, 3.8) is 0 Å². The molecule has 106 valence electrons. The van der Waals surface area contributed by atoms with Crippen molar-refractivity contribution in [2.75, 3.05) is 24.6 Å². The molecule has 1 fully saturated rings. The van der Waals surface area contributed by atoms with Gasteiger partial charge in [0, 0.05) is 23.2 Å². The predicted molar refractivity (Wildman–Crippen MR) is 83.6 cm³/mol. The molecule has 0 spiro atoms. The fraction of sp³-hybridized carbons (Fsp3) is 0.600. The van der Waals surface area contributed by atoms with Crippen LogP contribution in [-0.4, -0.2) is 30.8 Å². The van der Waals surface area contributed by atoms with Crippen LogP contribution in [-0.2, 0) is 6.54 Å². The van der Waals surface area contributed by atoms with E-state index in [1.54, 1.807) is 0 Å². The van der Waals surface area contributed by atoms with Crippen molar-refractivity contribution in [2.24, 2.45) is 0 Å². The van der Waals surface area contributed by atoms with Crippen LogP contribution >= 0.6 is 15.9 Å². The van der Waals surface area contributed by atoms with Crippen molar-refractivity contribution in [1.29, 1.82) is 0 Å². The van der Waals surface area contributed by atoms with E-state index in [9.17, 15) is 5.11 Å². The fourth-order valence-corrected chi connectivity index (χ4v) is 3.05. The molecule has 0 aliphatic carbocycles. The van der Waals surface area contributed by atoms with Crippen molar-refractivity contribution in [3.05, 3.63) is 28.2 Å². The predicted octanol–water partition coefficient (Wildman–Crippen LogP) is 2.91. The highest BCUT2D eigenvalue weighted by atomic mass is 79.9. The van der Waals surface area contributed by atoms with Crippen LogP contribution in [0.3, 0.4) is 0 Å². The molecule has 0 bridgehead atoms. The Hall–Kier alpha value is -0.580.